The Balaban J connectivity index is 2.17. The van der Waals surface area contributed by atoms with Crippen molar-refractivity contribution in [3.63, 3.8) is 0 Å². The molecule has 0 aromatic rings. The number of carboxylic acids is 1. The van der Waals surface area contributed by atoms with Crippen molar-refractivity contribution in [1.29, 1.82) is 0 Å². The fraction of sp³-hybridized carbons (Fsp3) is 0.929. The van der Waals surface area contributed by atoms with E-state index in [-0.39, 0.29) is 0 Å². The topological polar surface area (TPSA) is 40.5 Å². The van der Waals surface area contributed by atoms with Gasteiger partial charge in [0.25, 0.3) is 0 Å². The highest BCUT2D eigenvalue weighted by Gasteiger charge is 2.26. The van der Waals surface area contributed by atoms with Crippen molar-refractivity contribution in [2.24, 2.45) is 5.41 Å². The summed E-state index contributed by atoms with van der Waals surface area (Å²) in [6, 6.07) is 0.719. The summed E-state index contributed by atoms with van der Waals surface area (Å²) in [5.41, 5.74) is -0.562. The first-order valence-corrected chi connectivity index (χ1v) is 6.91. The number of likely N-dealkylation sites (tertiary alicyclic amines) is 1. The Morgan fingerprint density at radius 2 is 2.06 bits per heavy atom. The van der Waals surface area contributed by atoms with Crippen LogP contribution in [0.3, 0.4) is 0 Å². The summed E-state index contributed by atoms with van der Waals surface area (Å²) in [6.45, 7) is 8.30. The minimum absolute atomic E-state index is 0.562. The van der Waals surface area contributed by atoms with E-state index in [9.17, 15) is 4.79 Å². The number of piperidine rings is 1. The van der Waals surface area contributed by atoms with Gasteiger partial charge < -0.3 is 10.0 Å². The highest BCUT2D eigenvalue weighted by molar-refractivity contribution is 5.73. The first-order chi connectivity index (χ1) is 7.93. The first kappa shape index (κ1) is 14.5. The molecule has 3 heteroatoms. The summed E-state index contributed by atoms with van der Waals surface area (Å²) in [5, 5.41) is 9.02. The molecule has 1 aliphatic heterocycles. The molecule has 1 fully saturated rings. The van der Waals surface area contributed by atoms with Gasteiger partial charge in [0.2, 0.25) is 0 Å². The predicted molar refractivity (Wildman–Crippen MR) is 70.2 cm³/mol. The van der Waals surface area contributed by atoms with Gasteiger partial charge >= 0.3 is 5.97 Å². The highest BCUT2D eigenvalue weighted by Crippen LogP contribution is 2.24. The molecule has 1 heterocycles. The fourth-order valence-corrected chi connectivity index (χ4v) is 2.48. The number of aliphatic carboxylic acids is 1. The van der Waals surface area contributed by atoms with Crippen LogP contribution in [-0.2, 0) is 4.79 Å². The molecule has 0 spiro atoms. The van der Waals surface area contributed by atoms with Crippen LogP contribution in [0.2, 0.25) is 0 Å². The zero-order valence-corrected chi connectivity index (χ0v) is 11.5. The van der Waals surface area contributed by atoms with Crippen molar-refractivity contribution in [1.82, 2.24) is 4.90 Å². The third-order valence-corrected chi connectivity index (χ3v) is 4.02. The van der Waals surface area contributed by atoms with E-state index >= 15 is 0 Å². The fourth-order valence-electron chi connectivity index (χ4n) is 2.48. The molecule has 17 heavy (non-hydrogen) atoms. The number of carboxylic acid groups (broad SMARTS) is 1. The smallest absolute Gasteiger partial charge is 0.309 e. The summed E-state index contributed by atoms with van der Waals surface area (Å²) in [7, 11) is 0. The molecular weight excluding hydrogens is 214 g/mol. The van der Waals surface area contributed by atoms with Crippen molar-refractivity contribution in [3.8, 4) is 0 Å². The molecule has 1 aliphatic rings. The van der Waals surface area contributed by atoms with Gasteiger partial charge in [0.1, 0.15) is 0 Å². The molecule has 0 radical (unpaired) electrons. The molecule has 0 saturated carbocycles. The standard InChI is InChI=1S/C14H27NO2/c1-12-8-4-6-10-15(12)11-7-5-9-14(2,3)13(16)17/h12H,4-11H2,1-3H3,(H,16,17). The van der Waals surface area contributed by atoms with E-state index in [1.807, 2.05) is 13.8 Å². The number of hydrogen-bond donors (Lipinski definition) is 1. The maximum atomic E-state index is 11.0. The number of rotatable bonds is 6. The quantitative estimate of drug-likeness (QED) is 0.726. The van der Waals surface area contributed by atoms with Crippen molar-refractivity contribution in [2.45, 2.75) is 65.3 Å². The molecule has 0 amide bonds. The molecule has 100 valence electrons. The third-order valence-electron chi connectivity index (χ3n) is 4.02. The molecule has 1 atom stereocenters. The van der Waals surface area contributed by atoms with E-state index in [0.29, 0.717) is 0 Å². The molecular formula is C14H27NO2. The maximum absolute atomic E-state index is 11.0. The zero-order chi connectivity index (χ0) is 12.9. The lowest BCUT2D eigenvalue weighted by atomic mass is 9.87. The minimum atomic E-state index is -0.677. The summed E-state index contributed by atoms with van der Waals surface area (Å²) in [4.78, 5) is 13.5. The van der Waals surface area contributed by atoms with Gasteiger partial charge in [-0.05, 0) is 59.5 Å². The SMILES string of the molecule is CC1CCCCN1CCCCC(C)(C)C(=O)O. The second kappa shape index (κ2) is 6.39. The number of hydrogen-bond acceptors (Lipinski definition) is 2. The summed E-state index contributed by atoms with van der Waals surface area (Å²) in [6.07, 6.45) is 6.93. The highest BCUT2D eigenvalue weighted by atomic mass is 16.4. The predicted octanol–water partition coefficient (Wildman–Crippen LogP) is 3.14. The third kappa shape index (κ3) is 4.66. The van der Waals surface area contributed by atoms with Crippen molar-refractivity contribution in [2.75, 3.05) is 13.1 Å². The van der Waals surface area contributed by atoms with Crippen LogP contribution in [0, 0.1) is 5.41 Å². The van der Waals surface area contributed by atoms with Gasteiger partial charge in [-0.1, -0.05) is 12.8 Å². The van der Waals surface area contributed by atoms with E-state index < -0.39 is 11.4 Å². The Bertz CT molecular complexity index is 251. The Morgan fingerprint density at radius 1 is 1.35 bits per heavy atom. The molecule has 0 aromatic heterocycles. The van der Waals surface area contributed by atoms with Gasteiger partial charge in [-0.3, -0.25) is 4.79 Å². The van der Waals surface area contributed by atoms with Crippen LogP contribution in [0.1, 0.15) is 59.3 Å². The van der Waals surface area contributed by atoms with Gasteiger partial charge in [0, 0.05) is 6.04 Å². The monoisotopic (exact) mass is 241 g/mol. The Hall–Kier alpha value is -0.570. The van der Waals surface area contributed by atoms with Crippen LogP contribution in [0.4, 0.5) is 0 Å². The number of nitrogens with zero attached hydrogens (tertiary/aromatic N) is 1. The normalized spacial score (nSPS) is 22.6. The maximum Gasteiger partial charge on any atom is 0.309 e. The Kier molecular flexibility index (Phi) is 5.44. The zero-order valence-electron chi connectivity index (χ0n) is 11.5. The lowest BCUT2D eigenvalue weighted by Gasteiger charge is -2.33. The average Bonchev–Trinajstić information content (AvgIpc) is 2.26. The summed E-state index contributed by atoms with van der Waals surface area (Å²) >= 11 is 0. The van der Waals surface area contributed by atoms with Crippen molar-refractivity contribution >= 4 is 5.97 Å². The van der Waals surface area contributed by atoms with Crippen LogP contribution in [0.25, 0.3) is 0 Å². The van der Waals surface area contributed by atoms with E-state index in [2.05, 4.69) is 11.8 Å². The van der Waals surface area contributed by atoms with Crippen molar-refractivity contribution < 1.29 is 9.90 Å². The van der Waals surface area contributed by atoms with E-state index in [4.69, 9.17) is 5.11 Å². The van der Waals surface area contributed by atoms with Crippen LogP contribution in [0.15, 0.2) is 0 Å². The summed E-state index contributed by atoms with van der Waals surface area (Å²) in [5.74, 6) is -0.677. The average molecular weight is 241 g/mol. The molecule has 1 N–H and O–H groups in total. The lowest BCUT2D eigenvalue weighted by Crippen LogP contribution is -2.38. The van der Waals surface area contributed by atoms with Gasteiger partial charge in [-0.15, -0.1) is 0 Å². The molecule has 1 rings (SSSR count). The van der Waals surface area contributed by atoms with Crippen LogP contribution in [-0.4, -0.2) is 35.1 Å². The number of carbonyl (C=O) groups is 1. The molecule has 0 bridgehead atoms. The van der Waals surface area contributed by atoms with Crippen molar-refractivity contribution in [3.05, 3.63) is 0 Å². The van der Waals surface area contributed by atoms with E-state index in [0.717, 1.165) is 31.8 Å². The van der Waals surface area contributed by atoms with Gasteiger partial charge in [-0.2, -0.15) is 0 Å². The van der Waals surface area contributed by atoms with E-state index in [1.54, 1.807) is 0 Å². The number of unbranched alkanes of at least 4 members (excludes halogenated alkanes) is 1. The van der Waals surface area contributed by atoms with Crippen LogP contribution >= 0.6 is 0 Å². The van der Waals surface area contributed by atoms with Crippen LogP contribution < -0.4 is 0 Å². The molecule has 0 aliphatic carbocycles. The molecule has 1 unspecified atom stereocenters. The molecule has 3 nitrogen and oxygen atoms in total. The van der Waals surface area contributed by atoms with E-state index in [1.165, 1.54) is 25.8 Å². The second-order valence-corrected chi connectivity index (χ2v) is 6.03. The molecule has 1 saturated heterocycles. The first-order valence-electron chi connectivity index (χ1n) is 6.91. The van der Waals surface area contributed by atoms with Gasteiger partial charge in [-0.25, -0.2) is 0 Å². The van der Waals surface area contributed by atoms with Gasteiger partial charge in [0.15, 0.2) is 0 Å². The van der Waals surface area contributed by atoms with Crippen LogP contribution in [0.5, 0.6) is 0 Å². The second-order valence-electron chi connectivity index (χ2n) is 6.03. The molecule has 0 aromatic carbocycles. The Morgan fingerprint density at radius 3 is 2.65 bits per heavy atom. The summed E-state index contributed by atoms with van der Waals surface area (Å²) < 4.78 is 0. The minimum Gasteiger partial charge on any atom is -0.481 e. The lowest BCUT2D eigenvalue weighted by molar-refractivity contribution is -0.147. The Labute approximate surface area is 105 Å². The van der Waals surface area contributed by atoms with Gasteiger partial charge in [0.05, 0.1) is 5.41 Å². The largest absolute Gasteiger partial charge is 0.481 e.